The van der Waals surface area contributed by atoms with Crippen LogP contribution in [0.2, 0.25) is 10.0 Å². The maximum absolute atomic E-state index is 12.8. The number of nitrogens with zero attached hydrogens (tertiary/aromatic N) is 1. The van der Waals surface area contributed by atoms with E-state index in [1.807, 2.05) is 0 Å². The van der Waals surface area contributed by atoms with Gasteiger partial charge in [-0.3, -0.25) is 0 Å². The Morgan fingerprint density at radius 1 is 1.33 bits per heavy atom. The summed E-state index contributed by atoms with van der Waals surface area (Å²) in [6, 6.07) is 4.31. The fourth-order valence-electron chi connectivity index (χ4n) is 0.612. The van der Waals surface area contributed by atoms with E-state index in [2.05, 4.69) is 0 Å². The maximum Gasteiger partial charge on any atom is 0.161 e. The molecule has 0 saturated heterocycles. The van der Waals surface area contributed by atoms with E-state index in [9.17, 15) is 4.39 Å². The molecule has 60 valence electrons. The predicted molar refractivity (Wildman–Crippen MR) is 46.9 cm³/mol. The average Bonchev–Trinajstić information content (AvgIpc) is 2.01. The van der Waals surface area contributed by atoms with E-state index in [4.69, 9.17) is 28.5 Å². The molecule has 1 nitrogen and oxygen atoms in total. The smallest absolute Gasteiger partial charge is 0.161 e. The van der Waals surface area contributed by atoms with Gasteiger partial charge in [-0.1, -0.05) is 23.2 Å². The minimum atomic E-state index is -0.762. The molecule has 0 aliphatic heterocycles. The molecule has 0 saturated carbocycles. The van der Waals surface area contributed by atoms with Crippen molar-refractivity contribution in [1.82, 2.24) is 0 Å². The minimum absolute atomic E-state index is 0. The molecule has 0 aliphatic carbocycles. The Hall–Kier alpha value is 0.0187. The van der Waals surface area contributed by atoms with E-state index in [0.717, 1.165) is 0 Å². The summed E-state index contributed by atoms with van der Waals surface area (Å²) in [7, 11) is 0. The normalized spacial score (nSPS) is 8.50. The van der Waals surface area contributed by atoms with Crippen molar-refractivity contribution in [2.75, 3.05) is 0 Å². The zero-order chi connectivity index (χ0) is 8.43. The summed E-state index contributed by atoms with van der Waals surface area (Å²) in [5.74, 6) is -0.762. The summed E-state index contributed by atoms with van der Waals surface area (Å²) >= 11 is 10.9. The van der Waals surface area contributed by atoms with Gasteiger partial charge in [-0.25, -0.2) is 4.39 Å². The Balaban J connectivity index is 0.00000121. The molecule has 0 spiro atoms. The third kappa shape index (κ3) is 2.25. The van der Waals surface area contributed by atoms with Crippen molar-refractivity contribution in [3.05, 3.63) is 33.6 Å². The monoisotopic (exact) mass is 309 g/mol. The van der Waals surface area contributed by atoms with Gasteiger partial charge in [0.05, 0.1) is 15.6 Å². The molecule has 1 aromatic carbocycles. The summed E-state index contributed by atoms with van der Waals surface area (Å²) < 4.78 is 12.8. The van der Waals surface area contributed by atoms with Gasteiger partial charge in [0.1, 0.15) is 6.07 Å². The molecule has 0 bridgehead atoms. The van der Waals surface area contributed by atoms with Crippen LogP contribution in [0.25, 0.3) is 0 Å². The third-order valence-corrected chi connectivity index (χ3v) is 1.94. The van der Waals surface area contributed by atoms with Crippen molar-refractivity contribution in [3.8, 4) is 6.07 Å². The fraction of sp³-hybridized carbons (Fsp3) is 0. The van der Waals surface area contributed by atoms with Gasteiger partial charge in [-0.2, -0.15) is 5.26 Å². The second kappa shape index (κ2) is 4.90. The number of nitriles is 1. The van der Waals surface area contributed by atoms with Crippen molar-refractivity contribution in [1.29, 1.82) is 5.26 Å². The maximum atomic E-state index is 12.8. The number of halogens is 3. The van der Waals surface area contributed by atoms with Gasteiger partial charge in [0, 0.05) is 23.9 Å². The van der Waals surface area contributed by atoms with Crippen LogP contribution in [-0.4, -0.2) is 23.9 Å². The van der Waals surface area contributed by atoms with Crippen LogP contribution in [0.1, 0.15) is 5.56 Å². The van der Waals surface area contributed by atoms with Crippen molar-refractivity contribution < 1.29 is 4.39 Å². The van der Waals surface area contributed by atoms with Gasteiger partial charge in [-0.05, 0) is 12.1 Å². The van der Waals surface area contributed by atoms with Gasteiger partial charge in [0.2, 0.25) is 0 Å². The summed E-state index contributed by atoms with van der Waals surface area (Å²) in [4.78, 5) is 0. The van der Waals surface area contributed by atoms with Gasteiger partial charge in [-0.15, -0.1) is 0 Å². The van der Waals surface area contributed by atoms with Crippen molar-refractivity contribution in [2.24, 2.45) is 0 Å². The van der Waals surface area contributed by atoms with Crippen LogP contribution in [0.4, 0.5) is 4.39 Å². The SMILES string of the molecule is N#Cc1ccc(Cl)c(Cl)c1F.[Sn]. The summed E-state index contributed by atoms with van der Waals surface area (Å²) in [6.45, 7) is 0. The van der Waals surface area contributed by atoms with Gasteiger partial charge < -0.3 is 0 Å². The topological polar surface area (TPSA) is 23.8 Å². The molecule has 1 rings (SSSR count). The zero-order valence-corrected chi connectivity index (χ0v) is 10.1. The Morgan fingerprint density at radius 2 is 1.92 bits per heavy atom. The molecule has 4 radical (unpaired) electrons. The Bertz CT molecular complexity index is 335. The molecule has 0 heterocycles. The number of benzene rings is 1. The molecule has 0 fully saturated rings. The first kappa shape index (κ1) is 12.0. The Labute approximate surface area is 96.0 Å². The van der Waals surface area contributed by atoms with Crippen LogP contribution in [0.3, 0.4) is 0 Å². The Morgan fingerprint density at radius 3 is 2.42 bits per heavy atom. The molecule has 0 N–H and O–H groups in total. The molecule has 0 amide bonds. The average molecular weight is 309 g/mol. The third-order valence-electron chi connectivity index (χ3n) is 1.16. The summed E-state index contributed by atoms with van der Waals surface area (Å²) in [5, 5.41) is 8.25. The Kier molecular flexibility index (Phi) is 4.91. The van der Waals surface area contributed by atoms with Crippen LogP contribution in [0.5, 0.6) is 0 Å². The predicted octanol–water partition coefficient (Wildman–Crippen LogP) is 2.62. The van der Waals surface area contributed by atoms with Crippen molar-refractivity contribution >= 4 is 47.1 Å². The molecule has 0 atom stereocenters. The van der Waals surface area contributed by atoms with E-state index in [0.29, 0.717) is 0 Å². The molecule has 0 aromatic heterocycles. The first-order valence-corrected chi connectivity index (χ1v) is 3.46. The van der Waals surface area contributed by atoms with Crippen LogP contribution < -0.4 is 0 Å². The number of hydrogen-bond donors (Lipinski definition) is 0. The summed E-state index contributed by atoms with van der Waals surface area (Å²) in [5.41, 5.74) is -0.0978. The standard InChI is InChI=1S/C7H2Cl2FN.Sn/c8-5-2-1-4(3-11)7(10)6(5)9;/h1-2H;. The van der Waals surface area contributed by atoms with E-state index in [1.54, 1.807) is 6.07 Å². The van der Waals surface area contributed by atoms with Crippen LogP contribution in [-0.2, 0) is 0 Å². The van der Waals surface area contributed by atoms with Gasteiger partial charge >= 0.3 is 0 Å². The van der Waals surface area contributed by atoms with Crippen molar-refractivity contribution in [2.45, 2.75) is 0 Å². The number of rotatable bonds is 0. The second-order valence-corrected chi connectivity index (χ2v) is 2.62. The quantitative estimate of drug-likeness (QED) is 0.534. The molecular weight excluding hydrogens is 307 g/mol. The summed E-state index contributed by atoms with van der Waals surface area (Å²) in [6.07, 6.45) is 0. The van der Waals surface area contributed by atoms with Gasteiger partial charge in [0.25, 0.3) is 0 Å². The van der Waals surface area contributed by atoms with Crippen LogP contribution in [0.15, 0.2) is 12.1 Å². The van der Waals surface area contributed by atoms with E-state index in [1.165, 1.54) is 12.1 Å². The van der Waals surface area contributed by atoms with E-state index in [-0.39, 0.29) is 39.5 Å². The molecular formula is C7H2Cl2FNSn. The molecule has 5 heteroatoms. The molecule has 1 aromatic rings. The van der Waals surface area contributed by atoms with E-state index < -0.39 is 5.82 Å². The zero-order valence-electron chi connectivity index (χ0n) is 5.74. The number of hydrogen-bond acceptors (Lipinski definition) is 1. The minimum Gasteiger partial charge on any atom is -0.204 e. The molecule has 0 aliphatic rings. The molecule has 0 unspecified atom stereocenters. The molecule has 12 heavy (non-hydrogen) atoms. The first-order valence-electron chi connectivity index (χ1n) is 2.70. The second-order valence-electron chi connectivity index (χ2n) is 1.83. The largest absolute Gasteiger partial charge is 0.204 e. The van der Waals surface area contributed by atoms with Crippen LogP contribution >= 0.6 is 23.2 Å². The van der Waals surface area contributed by atoms with Crippen LogP contribution in [0, 0.1) is 17.1 Å². The van der Waals surface area contributed by atoms with Crippen molar-refractivity contribution in [3.63, 3.8) is 0 Å². The first-order chi connectivity index (χ1) is 5.16. The van der Waals surface area contributed by atoms with Gasteiger partial charge in [0.15, 0.2) is 5.82 Å². The fourth-order valence-corrected chi connectivity index (χ4v) is 0.923. The van der Waals surface area contributed by atoms with E-state index >= 15 is 0 Å².